The van der Waals surface area contributed by atoms with Gasteiger partial charge in [0.15, 0.2) is 5.76 Å². The van der Waals surface area contributed by atoms with Crippen molar-refractivity contribution in [2.75, 3.05) is 0 Å². The van der Waals surface area contributed by atoms with Crippen LogP contribution in [0.1, 0.15) is 35.5 Å². The smallest absolute Gasteiger partial charge is 0.290 e. The average molecular weight is 376 g/mol. The second-order valence-corrected chi connectivity index (χ2v) is 7.14. The lowest BCUT2D eigenvalue weighted by molar-refractivity contribution is 0.0659. The van der Waals surface area contributed by atoms with Gasteiger partial charge in [-0.1, -0.05) is 47.5 Å². The van der Waals surface area contributed by atoms with Crippen molar-refractivity contribution in [1.29, 1.82) is 0 Å². The number of aryl methyl sites for hydroxylation is 1. The minimum Gasteiger partial charge on any atom is -0.451 e. The summed E-state index contributed by atoms with van der Waals surface area (Å²) in [5.41, 5.74) is 2.51. The number of hydrogen-bond acceptors (Lipinski definition) is 2. The Labute approximate surface area is 157 Å². The van der Waals surface area contributed by atoms with Crippen molar-refractivity contribution >= 4 is 40.1 Å². The maximum atomic E-state index is 13.1. The van der Waals surface area contributed by atoms with Gasteiger partial charge >= 0.3 is 0 Å². The first kappa shape index (κ1) is 17.8. The summed E-state index contributed by atoms with van der Waals surface area (Å²) in [6.07, 6.45) is 0. The van der Waals surface area contributed by atoms with Crippen LogP contribution in [-0.2, 0) is 6.54 Å². The van der Waals surface area contributed by atoms with Crippen LogP contribution in [0, 0.1) is 6.92 Å². The summed E-state index contributed by atoms with van der Waals surface area (Å²) in [6, 6.07) is 13.1. The summed E-state index contributed by atoms with van der Waals surface area (Å²) in [5.74, 6) is 0.254. The predicted octanol–water partition coefficient (Wildman–Crippen LogP) is 6.10. The number of hydrogen-bond donors (Lipinski definition) is 0. The molecule has 0 fully saturated rings. The van der Waals surface area contributed by atoms with Crippen LogP contribution in [-0.4, -0.2) is 16.8 Å². The molecule has 2 aromatic carbocycles. The number of halogens is 2. The molecule has 0 spiro atoms. The summed E-state index contributed by atoms with van der Waals surface area (Å²) >= 11 is 12.1. The zero-order chi connectivity index (χ0) is 18.1. The number of amides is 1. The molecule has 3 aromatic rings. The molecule has 0 radical (unpaired) electrons. The summed E-state index contributed by atoms with van der Waals surface area (Å²) in [7, 11) is 0. The molecular weight excluding hydrogens is 357 g/mol. The molecule has 1 aromatic heterocycles. The number of nitrogens with zero attached hydrogens (tertiary/aromatic N) is 1. The third-order valence-corrected chi connectivity index (χ3v) is 5.00. The van der Waals surface area contributed by atoms with Crippen LogP contribution < -0.4 is 0 Å². The number of fused-ring (bicyclic) bond motifs is 1. The Morgan fingerprint density at radius 3 is 2.48 bits per heavy atom. The standard InChI is InChI=1S/C20H19Cl2NO2/c1-12(2)23(11-14-8-9-16(21)17(22)10-14)20(24)19-13(3)15-6-4-5-7-18(15)25-19/h4-10,12H,11H2,1-3H3. The van der Waals surface area contributed by atoms with Gasteiger partial charge in [0.2, 0.25) is 0 Å². The van der Waals surface area contributed by atoms with Crippen molar-refractivity contribution in [3.05, 3.63) is 69.4 Å². The zero-order valence-corrected chi connectivity index (χ0v) is 15.9. The molecule has 0 aliphatic heterocycles. The largest absolute Gasteiger partial charge is 0.451 e. The number of carbonyl (C=O) groups excluding carboxylic acids is 1. The average Bonchev–Trinajstić information content (AvgIpc) is 2.92. The van der Waals surface area contributed by atoms with Crippen LogP contribution in [0.4, 0.5) is 0 Å². The van der Waals surface area contributed by atoms with Crippen molar-refractivity contribution in [2.45, 2.75) is 33.4 Å². The van der Waals surface area contributed by atoms with Gasteiger partial charge in [-0.25, -0.2) is 0 Å². The van der Waals surface area contributed by atoms with E-state index < -0.39 is 0 Å². The Morgan fingerprint density at radius 1 is 1.12 bits per heavy atom. The van der Waals surface area contributed by atoms with Gasteiger partial charge in [0, 0.05) is 23.5 Å². The van der Waals surface area contributed by atoms with Gasteiger partial charge in [-0.15, -0.1) is 0 Å². The van der Waals surface area contributed by atoms with E-state index in [1.807, 2.05) is 51.1 Å². The van der Waals surface area contributed by atoms with Crippen molar-refractivity contribution in [2.24, 2.45) is 0 Å². The summed E-state index contributed by atoms with van der Waals surface area (Å²) in [6.45, 7) is 6.31. The van der Waals surface area contributed by atoms with E-state index in [-0.39, 0.29) is 11.9 Å². The first-order chi connectivity index (χ1) is 11.9. The number of rotatable bonds is 4. The molecule has 1 heterocycles. The minimum atomic E-state index is -0.130. The molecule has 1 amide bonds. The Morgan fingerprint density at radius 2 is 1.84 bits per heavy atom. The lowest BCUT2D eigenvalue weighted by atomic mass is 10.1. The van der Waals surface area contributed by atoms with Gasteiger partial charge in [0.25, 0.3) is 5.91 Å². The lowest BCUT2D eigenvalue weighted by Crippen LogP contribution is -2.36. The van der Waals surface area contributed by atoms with E-state index in [4.69, 9.17) is 27.6 Å². The molecule has 0 bridgehead atoms. The van der Waals surface area contributed by atoms with Crippen molar-refractivity contribution in [3.8, 4) is 0 Å². The molecule has 3 rings (SSSR count). The molecule has 0 unspecified atom stereocenters. The highest BCUT2D eigenvalue weighted by Crippen LogP contribution is 2.28. The highest BCUT2D eigenvalue weighted by Gasteiger charge is 2.25. The molecule has 0 atom stereocenters. The third-order valence-electron chi connectivity index (χ3n) is 4.26. The maximum absolute atomic E-state index is 13.1. The van der Waals surface area contributed by atoms with E-state index >= 15 is 0 Å². The molecular formula is C20H19Cl2NO2. The topological polar surface area (TPSA) is 33.5 Å². The van der Waals surface area contributed by atoms with Gasteiger partial charge in [-0.05, 0) is 44.5 Å². The second kappa shape index (κ2) is 7.11. The first-order valence-electron chi connectivity index (χ1n) is 8.11. The van der Waals surface area contributed by atoms with E-state index in [1.165, 1.54) is 0 Å². The summed E-state index contributed by atoms with van der Waals surface area (Å²) in [4.78, 5) is 14.9. The number of furan rings is 1. The van der Waals surface area contributed by atoms with Gasteiger partial charge < -0.3 is 9.32 Å². The van der Waals surface area contributed by atoms with E-state index in [9.17, 15) is 4.79 Å². The number of para-hydroxylation sites is 1. The lowest BCUT2D eigenvalue weighted by Gasteiger charge is -2.26. The Kier molecular flexibility index (Phi) is 5.07. The van der Waals surface area contributed by atoms with Gasteiger partial charge in [0.1, 0.15) is 5.58 Å². The van der Waals surface area contributed by atoms with E-state index in [1.54, 1.807) is 17.0 Å². The van der Waals surface area contributed by atoms with Crippen LogP contribution in [0.15, 0.2) is 46.9 Å². The Bertz CT molecular complexity index is 931. The molecule has 5 heteroatoms. The van der Waals surface area contributed by atoms with E-state index in [0.717, 1.165) is 22.1 Å². The molecule has 0 aliphatic rings. The van der Waals surface area contributed by atoms with Crippen LogP contribution in [0.2, 0.25) is 10.0 Å². The first-order valence-corrected chi connectivity index (χ1v) is 8.87. The predicted molar refractivity (Wildman–Crippen MR) is 102 cm³/mol. The van der Waals surface area contributed by atoms with Crippen molar-refractivity contribution in [3.63, 3.8) is 0 Å². The fraction of sp³-hybridized carbons (Fsp3) is 0.250. The Balaban J connectivity index is 1.95. The minimum absolute atomic E-state index is 0.00886. The highest BCUT2D eigenvalue weighted by molar-refractivity contribution is 6.42. The van der Waals surface area contributed by atoms with Crippen LogP contribution in [0.5, 0.6) is 0 Å². The summed E-state index contributed by atoms with van der Waals surface area (Å²) < 4.78 is 5.83. The second-order valence-electron chi connectivity index (χ2n) is 6.33. The fourth-order valence-corrected chi connectivity index (χ4v) is 3.15. The molecule has 130 valence electrons. The number of carbonyl (C=O) groups is 1. The van der Waals surface area contributed by atoms with Gasteiger partial charge in [0.05, 0.1) is 10.0 Å². The SMILES string of the molecule is Cc1c(C(=O)N(Cc2ccc(Cl)c(Cl)c2)C(C)C)oc2ccccc12. The van der Waals surface area contributed by atoms with Crippen LogP contribution in [0.25, 0.3) is 11.0 Å². The molecule has 0 N–H and O–H groups in total. The van der Waals surface area contributed by atoms with E-state index in [2.05, 4.69) is 0 Å². The number of benzene rings is 2. The Hall–Kier alpha value is -1.97. The molecule has 0 aliphatic carbocycles. The fourth-order valence-electron chi connectivity index (χ4n) is 2.83. The monoisotopic (exact) mass is 375 g/mol. The van der Waals surface area contributed by atoms with E-state index in [0.29, 0.717) is 22.4 Å². The molecule has 0 saturated carbocycles. The molecule has 3 nitrogen and oxygen atoms in total. The summed E-state index contributed by atoms with van der Waals surface area (Å²) in [5, 5.41) is 1.94. The zero-order valence-electron chi connectivity index (χ0n) is 14.3. The quantitative estimate of drug-likeness (QED) is 0.551. The molecule has 25 heavy (non-hydrogen) atoms. The molecule has 0 saturated heterocycles. The maximum Gasteiger partial charge on any atom is 0.290 e. The van der Waals surface area contributed by atoms with Crippen molar-refractivity contribution < 1.29 is 9.21 Å². The van der Waals surface area contributed by atoms with Gasteiger partial charge in [-0.3, -0.25) is 4.79 Å². The van der Waals surface area contributed by atoms with Crippen molar-refractivity contribution in [1.82, 2.24) is 4.90 Å². The van der Waals surface area contributed by atoms with Crippen LogP contribution in [0.3, 0.4) is 0 Å². The van der Waals surface area contributed by atoms with Crippen LogP contribution >= 0.6 is 23.2 Å². The van der Waals surface area contributed by atoms with Gasteiger partial charge in [-0.2, -0.15) is 0 Å². The normalized spacial score (nSPS) is 11.3. The third kappa shape index (κ3) is 3.53. The highest BCUT2D eigenvalue weighted by atomic mass is 35.5.